The van der Waals surface area contributed by atoms with Gasteiger partial charge in [-0.2, -0.15) is 0 Å². The molecule has 1 heterocycles. The Kier molecular flexibility index (Phi) is 8.99. The van der Waals surface area contributed by atoms with Gasteiger partial charge in [-0.05, 0) is 39.3 Å². The number of para-hydroxylation sites is 1. The van der Waals surface area contributed by atoms with E-state index in [0.29, 0.717) is 22.6 Å². The SMILES string of the molecule is CC[C@@H](C)NC(=O)CSc1nc2ccccc2c(=O)n1CCC[NH+](CC)CC. The number of carbonyl (C=O) groups is 1. The molecule has 28 heavy (non-hydrogen) atoms. The number of hydrogen-bond donors (Lipinski definition) is 2. The fraction of sp³-hybridized carbons (Fsp3) is 0.571. The van der Waals surface area contributed by atoms with Crippen LogP contribution in [0.2, 0.25) is 0 Å². The molecule has 0 fully saturated rings. The van der Waals surface area contributed by atoms with Crippen LogP contribution in [0.15, 0.2) is 34.2 Å². The fourth-order valence-corrected chi connectivity index (χ4v) is 3.93. The molecule has 7 heteroatoms. The summed E-state index contributed by atoms with van der Waals surface area (Å²) in [7, 11) is 0. The van der Waals surface area contributed by atoms with Gasteiger partial charge in [-0.1, -0.05) is 30.8 Å². The highest BCUT2D eigenvalue weighted by Crippen LogP contribution is 2.18. The van der Waals surface area contributed by atoms with Crippen molar-refractivity contribution in [2.45, 2.75) is 58.3 Å². The van der Waals surface area contributed by atoms with E-state index in [0.717, 1.165) is 32.5 Å². The lowest BCUT2D eigenvalue weighted by molar-refractivity contribution is -0.896. The van der Waals surface area contributed by atoms with Crippen molar-refractivity contribution in [3.8, 4) is 0 Å². The Labute approximate surface area is 171 Å². The number of benzene rings is 1. The first-order chi connectivity index (χ1) is 13.5. The summed E-state index contributed by atoms with van der Waals surface area (Å²) in [6, 6.07) is 7.57. The number of amides is 1. The number of thioether (sulfide) groups is 1. The van der Waals surface area contributed by atoms with Gasteiger partial charge in [0.05, 0.1) is 36.3 Å². The minimum absolute atomic E-state index is 0.0232. The number of nitrogens with one attached hydrogen (secondary N) is 2. The Morgan fingerprint density at radius 1 is 1.25 bits per heavy atom. The van der Waals surface area contributed by atoms with Crippen molar-refractivity contribution in [3.63, 3.8) is 0 Å². The lowest BCUT2D eigenvalue weighted by Crippen LogP contribution is -3.11. The second kappa shape index (κ2) is 11.2. The van der Waals surface area contributed by atoms with E-state index in [1.807, 2.05) is 38.1 Å². The van der Waals surface area contributed by atoms with Gasteiger partial charge in [0.1, 0.15) is 0 Å². The molecule has 1 amide bonds. The van der Waals surface area contributed by atoms with Gasteiger partial charge in [0.2, 0.25) is 5.91 Å². The second-order valence-electron chi connectivity index (χ2n) is 7.09. The van der Waals surface area contributed by atoms with Crippen molar-refractivity contribution in [2.24, 2.45) is 0 Å². The van der Waals surface area contributed by atoms with E-state index in [9.17, 15) is 9.59 Å². The van der Waals surface area contributed by atoms with Crippen LogP contribution in [-0.2, 0) is 11.3 Å². The van der Waals surface area contributed by atoms with Crippen molar-refractivity contribution in [2.75, 3.05) is 25.4 Å². The number of aromatic nitrogens is 2. The minimum atomic E-state index is -0.0270. The van der Waals surface area contributed by atoms with Crippen LogP contribution >= 0.6 is 11.8 Å². The molecule has 0 spiro atoms. The Morgan fingerprint density at radius 3 is 2.64 bits per heavy atom. The third kappa shape index (κ3) is 6.07. The Hall–Kier alpha value is -1.86. The third-order valence-corrected chi connectivity index (χ3v) is 6.07. The van der Waals surface area contributed by atoms with Crippen molar-refractivity contribution < 1.29 is 9.69 Å². The van der Waals surface area contributed by atoms with E-state index in [4.69, 9.17) is 0 Å². The molecule has 154 valence electrons. The number of nitrogens with zero attached hydrogens (tertiary/aromatic N) is 2. The van der Waals surface area contributed by atoms with Crippen molar-refractivity contribution >= 4 is 28.6 Å². The summed E-state index contributed by atoms with van der Waals surface area (Å²) in [4.78, 5) is 31.4. The lowest BCUT2D eigenvalue weighted by atomic mass is 10.2. The fourth-order valence-electron chi connectivity index (χ4n) is 3.09. The summed E-state index contributed by atoms with van der Waals surface area (Å²) in [5.41, 5.74) is 0.660. The first kappa shape index (κ1) is 22.4. The number of quaternary nitrogens is 1. The smallest absolute Gasteiger partial charge is 0.262 e. The molecule has 6 nitrogen and oxygen atoms in total. The molecule has 2 aromatic rings. The average molecular weight is 406 g/mol. The molecular weight excluding hydrogens is 372 g/mol. The van der Waals surface area contributed by atoms with E-state index in [2.05, 4.69) is 24.1 Å². The van der Waals surface area contributed by atoms with Gasteiger partial charge in [-0.3, -0.25) is 14.2 Å². The normalized spacial score (nSPS) is 12.5. The van der Waals surface area contributed by atoms with Crippen LogP contribution in [0.25, 0.3) is 10.9 Å². The maximum absolute atomic E-state index is 13.0. The van der Waals surface area contributed by atoms with Crippen LogP contribution in [0.4, 0.5) is 0 Å². The number of hydrogen-bond acceptors (Lipinski definition) is 4. The number of fused-ring (bicyclic) bond motifs is 1. The number of rotatable bonds is 11. The van der Waals surface area contributed by atoms with E-state index in [1.54, 1.807) is 4.57 Å². The third-order valence-electron chi connectivity index (χ3n) is 5.09. The number of carbonyl (C=O) groups excluding carboxylic acids is 1. The van der Waals surface area contributed by atoms with Crippen LogP contribution in [0, 0.1) is 0 Å². The molecule has 0 radical (unpaired) electrons. The molecule has 1 aromatic heterocycles. The Balaban J connectivity index is 2.21. The van der Waals surface area contributed by atoms with Gasteiger partial charge in [0, 0.05) is 19.0 Å². The zero-order chi connectivity index (χ0) is 20.5. The van der Waals surface area contributed by atoms with E-state index in [1.165, 1.54) is 16.7 Å². The maximum atomic E-state index is 13.0. The average Bonchev–Trinajstić information content (AvgIpc) is 2.71. The molecule has 0 unspecified atom stereocenters. The van der Waals surface area contributed by atoms with Gasteiger partial charge in [-0.25, -0.2) is 4.98 Å². The zero-order valence-corrected chi connectivity index (χ0v) is 18.3. The van der Waals surface area contributed by atoms with Crippen LogP contribution in [-0.4, -0.2) is 46.9 Å². The first-order valence-corrected chi connectivity index (χ1v) is 11.2. The molecule has 0 aliphatic carbocycles. The second-order valence-corrected chi connectivity index (χ2v) is 8.04. The summed E-state index contributed by atoms with van der Waals surface area (Å²) in [6.45, 7) is 12.2. The molecule has 1 atom stereocenters. The van der Waals surface area contributed by atoms with E-state index in [-0.39, 0.29) is 23.3 Å². The van der Waals surface area contributed by atoms with Crippen molar-refractivity contribution in [1.29, 1.82) is 0 Å². The lowest BCUT2D eigenvalue weighted by Gasteiger charge is -2.17. The quantitative estimate of drug-likeness (QED) is 0.441. The highest BCUT2D eigenvalue weighted by Gasteiger charge is 2.14. The van der Waals surface area contributed by atoms with E-state index >= 15 is 0 Å². The minimum Gasteiger partial charge on any atom is -0.353 e. The summed E-state index contributed by atoms with van der Waals surface area (Å²) in [5, 5.41) is 4.22. The van der Waals surface area contributed by atoms with Crippen LogP contribution in [0.1, 0.15) is 40.5 Å². The maximum Gasteiger partial charge on any atom is 0.262 e. The van der Waals surface area contributed by atoms with Crippen LogP contribution in [0.5, 0.6) is 0 Å². The molecule has 0 saturated heterocycles. The van der Waals surface area contributed by atoms with Crippen LogP contribution < -0.4 is 15.8 Å². The summed E-state index contributed by atoms with van der Waals surface area (Å²) in [5.74, 6) is 0.233. The van der Waals surface area contributed by atoms with Crippen LogP contribution in [0.3, 0.4) is 0 Å². The Bertz CT molecular complexity index is 833. The van der Waals surface area contributed by atoms with E-state index < -0.39 is 0 Å². The predicted octanol–water partition coefficient (Wildman–Crippen LogP) is 1.72. The Morgan fingerprint density at radius 2 is 1.96 bits per heavy atom. The van der Waals surface area contributed by atoms with Gasteiger partial charge < -0.3 is 10.2 Å². The molecule has 1 aromatic carbocycles. The molecule has 0 aliphatic heterocycles. The van der Waals surface area contributed by atoms with Crippen molar-refractivity contribution in [1.82, 2.24) is 14.9 Å². The molecule has 0 bridgehead atoms. The summed E-state index contributed by atoms with van der Waals surface area (Å²) in [6.07, 6.45) is 1.80. The van der Waals surface area contributed by atoms with Crippen molar-refractivity contribution in [3.05, 3.63) is 34.6 Å². The highest BCUT2D eigenvalue weighted by atomic mass is 32.2. The summed E-state index contributed by atoms with van der Waals surface area (Å²) >= 11 is 1.34. The topological polar surface area (TPSA) is 68.4 Å². The van der Waals surface area contributed by atoms with Gasteiger partial charge >= 0.3 is 0 Å². The van der Waals surface area contributed by atoms with Gasteiger partial charge in [0.25, 0.3) is 5.56 Å². The standard InChI is InChI=1S/C21H32N4O2S/c1-5-16(4)22-19(26)15-28-21-23-18-12-9-8-11-17(18)20(27)25(21)14-10-13-24(6-2)7-3/h8-9,11-12,16H,5-7,10,13-15H2,1-4H3,(H,22,26)/p+1/t16-/m1/s1. The van der Waals surface area contributed by atoms with Gasteiger partial charge in [0.15, 0.2) is 5.16 Å². The van der Waals surface area contributed by atoms with Gasteiger partial charge in [-0.15, -0.1) is 0 Å². The molecule has 2 rings (SSSR count). The largest absolute Gasteiger partial charge is 0.353 e. The molecular formula is C21H33N4O2S+. The molecule has 0 aliphatic rings. The summed E-state index contributed by atoms with van der Waals surface area (Å²) < 4.78 is 1.74. The zero-order valence-electron chi connectivity index (χ0n) is 17.5. The predicted molar refractivity (Wildman–Crippen MR) is 116 cm³/mol. The first-order valence-electron chi connectivity index (χ1n) is 10.2. The highest BCUT2D eigenvalue weighted by molar-refractivity contribution is 7.99. The molecule has 0 saturated carbocycles. The monoisotopic (exact) mass is 405 g/mol. The molecule has 2 N–H and O–H groups in total.